The van der Waals surface area contributed by atoms with Crippen LogP contribution in [0.15, 0.2) is 59.0 Å². The van der Waals surface area contributed by atoms with E-state index in [2.05, 4.69) is 6.07 Å². The molecule has 0 atom stereocenters. The van der Waals surface area contributed by atoms with E-state index in [1.807, 2.05) is 42.5 Å². The second kappa shape index (κ2) is 6.39. The van der Waals surface area contributed by atoms with E-state index < -0.39 is 0 Å². The van der Waals surface area contributed by atoms with Crippen LogP contribution in [0.3, 0.4) is 0 Å². The van der Waals surface area contributed by atoms with Crippen LogP contribution >= 0.6 is 11.6 Å². The van der Waals surface area contributed by atoms with E-state index in [0.29, 0.717) is 33.6 Å². The fourth-order valence-corrected chi connectivity index (χ4v) is 2.71. The molecule has 0 saturated carbocycles. The summed E-state index contributed by atoms with van der Waals surface area (Å²) in [5, 5.41) is 10.2. The Morgan fingerprint density at radius 3 is 2.60 bits per heavy atom. The molecule has 0 spiro atoms. The highest BCUT2D eigenvalue weighted by Gasteiger charge is 2.15. The van der Waals surface area contributed by atoms with Crippen LogP contribution < -0.4 is 9.47 Å². The van der Waals surface area contributed by atoms with Gasteiger partial charge in [0.25, 0.3) is 0 Å². The number of allylic oxidation sites excluding steroid dienone is 1. The van der Waals surface area contributed by atoms with Gasteiger partial charge in [-0.2, -0.15) is 5.26 Å². The third-order valence-corrected chi connectivity index (χ3v) is 4.10. The molecule has 25 heavy (non-hydrogen) atoms. The highest BCUT2D eigenvalue weighted by atomic mass is 35.5. The maximum Gasteiger partial charge on any atom is 0.231 e. The van der Waals surface area contributed by atoms with Crippen molar-refractivity contribution in [3.63, 3.8) is 0 Å². The van der Waals surface area contributed by atoms with Crippen molar-refractivity contribution in [1.29, 1.82) is 5.26 Å². The Morgan fingerprint density at radius 2 is 1.80 bits per heavy atom. The minimum Gasteiger partial charge on any atom is -0.457 e. The molecule has 1 aromatic heterocycles. The van der Waals surface area contributed by atoms with Crippen molar-refractivity contribution in [3.05, 3.63) is 70.9 Å². The van der Waals surface area contributed by atoms with E-state index in [9.17, 15) is 5.26 Å². The molecule has 0 unspecified atom stereocenters. The van der Waals surface area contributed by atoms with E-state index in [0.717, 1.165) is 11.1 Å². The molecule has 4 nitrogen and oxygen atoms in total. The summed E-state index contributed by atoms with van der Waals surface area (Å²) in [6.07, 6.45) is 1.71. The van der Waals surface area contributed by atoms with E-state index in [1.54, 1.807) is 18.2 Å². The highest BCUT2D eigenvalue weighted by Crippen LogP contribution is 2.35. The van der Waals surface area contributed by atoms with Crippen LogP contribution in [0.1, 0.15) is 11.3 Å². The third-order valence-electron chi connectivity index (χ3n) is 3.85. The van der Waals surface area contributed by atoms with Crippen LogP contribution in [-0.4, -0.2) is 6.79 Å². The normalized spacial score (nSPS) is 12.9. The largest absolute Gasteiger partial charge is 0.457 e. The number of hydrogen-bond donors (Lipinski definition) is 0. The Morgan fingerprint density at radius 1 is 1.00 bits per heavy atom. The second-order valence-electron chi connectivity index (χ2n) is 5.45. The fourth-order valence-electron chi connectivity index (χ4n) is 2.59. The lowest BCUT2D eigenvalue weighted by molar-refractivity contribution is 0.174. The van der Waals surface area contributed by atoms with Gasteiger partial charge in [0.1, 0.15) is 11.5 Å². The van der Waals surface area contributed by atoms with Gasteiger partial charge in [-0.3, -0.25) is 0 Å². The smallest absolute Gasteiger partial charge is 0.231 e. The highest BCUT2D eigenvalue weighted by molar-refractivity contribution is 6.30. The van der Waals surface area contributed by atoms with Gasteiger partial charge in [0.15, 0.2) is 11.5 Å². The van der Waals surface area contributed by atoms with Crippen molar-refractivity contribution >= 4 is 23.3 Å². The number of halogens is 1. The van der Waals surface area contributed by atoms with Gasteiger partial charge < -0.3 is 13.9 Å². The first-order valence-electron chi connectivity index (χ1n) is 7.60. The van der Waals surface area contributed by atoms with Crippen LogP contribution in [0.5, 0.6) is 11.5 Å². The van der Waals surface area contributed by atoms with E-state index in [1.165, 1.54) is 0 Å². The third kappa shape index (κ3) is 3.10. The molecule has 0 amide bonds. The van der Waals surface area contributed by atoms with Gasteiger partial charge >= 0.3 is 0 Å². The van der Waals surface area contributed by atoms with Crippen molar-refractivity contribution in [2.45, 2.75) is 0 Å². The van der Waals surface area contributed by atoms with Crippen molar-refractivity contribution in [2.24, 2.45) is 0 Å². The van der Waals surface area contributed by atoms with Crippen LogP contribution in [0.25, 0.3) is 23.0 Å². The number of ether oxygens (including phenoxy) is 2. The van der Waals surface area contributed by atoms with Crippen LogP contribution in [0, 0.1) is 11.3 Å². The van der Waals surface area contributed by atoms with E-state index >= 15 is 0 Å². The van der Waals surface area contributed by atoms with Gasteiger partial charge in [0.05, 0.1) is 11.6 Å². The molecule has 2 aromatic carbocycles. The summed E-state index contributed by atoms with van der Waals surface area (Å²) in [6, 6.07) is 18.7. The second-order valence-corrected chi connectivity index (χ2v) is 5.88. The number of benzene rings is 2. The summed E-state index contributed by atoms with van der Waals surface area (Å²) in [5.74, 6) is 2.63. The molecule has 0 saturated heterocycles. The van der Waals surface area contributed by atoms with E-state index in [-0.39, 0.29) is 6.79 Å². The number of hydrogen-bond acceptors (Lipinski definition) is 4. The first kappa shape index (κ1) is 15.4. The summed E-state index contributed by atoms with van der Waals surface area (Å²) >= 11 is 5.90. The van der Waals surface area contributed by atoms with Crippen molar-refractivity contribution in [3.8, 4) is 28.9 Å². The lowest BCUT2D eigenvalue weighted by Crippen LogP contribution is -1.92. The molecule has 0 radical (unpaired) electrons. The Hall–Kier alpha value is -3.16. The van der Waals surface area contributed by atoms with Gasteiger partial charge in [-0.25, -0.2) is 0 Å². The van der Waals surface area contributed by atoms with Crippen molar-refractivity contribution < 1.29 is 13.9 Å². The molecule has 0 N–H and O–H groups in total. The van der Waals surface area contributed by atoms with Gasteiger partial charge in [-0.15, -0.1) is 0 Å². The molecule has 4 rings (SSSR count). The monoisotopic (exact) mass is 349 g/mol. The van der Waals surface area contributed by atoms with Gasteiger partial charge in [-0.1, -0.05) is 11.6 Å². The van der Waals surface area contributed by atoms with Crippen LogP contribution in [-0.2, 0) is 0 Å². The minimum atomic E-state index is 0.201. The Balaban J connectivity index is 1.65. The van der Waals surface area contributed by atoms with Gasteiger partial charge in [0.2, 0.25) is 6.79 Å². The first-order chi connectivity index (χ1) is 12.2. The number of nitrogens with zero attached hydrogens (tertiary/aromatic N) is 1. The standard InChI is InChI=1S/C20H12ClNO3/c21-16-4-1-13(2-5-16)18-8-6-17(25-18)9-15(11-22)14-3-7-19-20(10-14)24-12-23-19/h1-10H,12H2/b15-9-. The van der Waals surface area contributed by atoms with Gasteiger partial charge in [-0.05, 0) is 66.2 Å². The zero-order chi connectivity index (χ0) is 17.2. The average Bonchev–Trinajstić information content (AvgIpc) is 3.29. The molecule has 0 fully saturated rings. The molecular formula is C20H12ClNO3. The summed E-state index contributed by atoms with van der Waals surface area (Å²) in [6.45, 7) is 0.201. The number of nitriles is 1. The molecule has 0 bridgehead atoms. The SMILES string of the molecule is N#C/C(=C/c1ccc(-c2ccc(Cl)cc2)o1)c1ccc2c(c1)OCO2. The number of fused-ring (bicyclic) bond motifs is 1. The van der Waals surface area contributed by atoms with Crippen molar-refractivity contribution in [1.82, 2.24) is 0 Å². The molecular weight excluding hydrogens is 338 g/mol. The maximum atomic E-state index is 9.50. The molecule has 1 aliphatic rings. The molecule has 2 heterocycles. The minimum absolute atomic E-state index is 0.201. The van der Waals surface area contributed by atoms with E-state index in [4.69, 9.17) is 25.5 Å². The molecule has 5 heteroatoms. The molecule has 0 aliphatic carbocycles. The van der Waals surface area contributed by atoms with Gasteiger partial charge in [0, 0.05) is 10.6 Å². The summed E-state index contributed by atoms with van der Waals surface area (Å²) in [7, 11) is 0. The quantitative estimate of drug-likeness (QED) is 0.594. The number of furan rings is 1. The molecule has 1 aliphatic heterocycles. The summed E-state index contributed by atoms with van der Waals surface area (Å²) < 4.78 is 16.5. The molecule has 122 valence electrons. The number of rotatable bonds is 3. The average molecular weight is 350 g/mol. The summed E-state index contributed by atoms with van der Waals surface area (Å²) in [5.41, 5.74) is 2.15. The first-order valence-corrected chi connectivity index (χ1v) is 7.98. The van der Waals surface area contributed by atoms with Crippen LogP contribution in [0.2, 0.25) is 5.02 Å². The zero-order valence-electron chi connectivity index (χ0n) is 13.0. The summed E-state index contributed by atoms with van der Waals surface area (Å²) in [4.78, 5) is 0. The Kier molecular flexibility index (Phi) is 3.93. The fraction of sp³-hybridized carbons (Fsp3) is 0.0500. The molecule has 3 aromatic rings. The maximum absolute atomic E-state index is 9.50. The van der Waals surface area contributed by atoms with Crippen LogP contribution in [0.4, 0.5) is 0 Å². The lowest BCUT2D eigenvalue weighted by Gasteiger charge is -2.01. The predicted molar refractivity (Wildman–Crippen MR) is 95.2 cm³/mol. The zero-order valence-corrected chi connectivity index (χ0v) is 13.8. The predicted octanol–water partition coefficient (Wildman–Crippen LogP) is 5.39. The Labute approximate surface area is 149 Å². The Bertz CT molecular complexity index is 997. The lowest BCUT2D eigenvalue weighted by atomic mass is 10.1. The topological polar surface area (TPSA) is 55.4 Å². The van der Waals surface area contributed by atoms with Crippen molar-refractivity contribution in [2.75, 3.05) is 6.79 Å².